The Kier molecular flexibility index (Phi) is 6.88. The van der Waals surface area contributed by atoms with E-state index in [-0.39, 0.29) is 5.02 Å². The van der Waals surface area contributed by atoms with Gasteiger partial charge in [-0.3, -0.25) is 4.90 Å². The Morgan fingerprint density at radius 1 is 0.900 bits per heavy atom. The first kappa shape index (κ1) is 22.4. The summed E-state index contributed by atoms with van der Waals surface area (Å²) in [7, 11) is 4.70. The summed E-state index contributed by atoms with van der Waals surface area (Å²) in [6, 6.07) is 7.87. The monoisotopic (exact) mass is 444 g/mol. The van der Waals surface area contributed by atoms with Gasteiger partial charge >= 0.3 is 6.18 Å². The Bertz CT molecular complexity index is 859. The summed E-state index contributed by atoms with van der Waals surface area (Å²) in [5, 5.41) is -0.285. The molecule has 0 amide bonds. The van der Waals surface area contributed by atoms with E-state index in [1.165, 1.54) is 6.07 Å². The number of benzene rings is 2. The maximum atomic E-state index is 13.1. The zero-order valence-corrected chi connectivity index (χ0v) is 17.8. The van der Waals surface area contributed by atoms with Gasteiger partial charge in [0.1, 0.15) is 0 Å². The Hall–Kier alpha value is -2.32. The van der Waals surface area contributed by atoms with Crippen LogP contribution in [-0.4, -0.2) is 52.4 Å². The van der Waals surface area contributed by atoms with Crippen molar-refractivity contribution in [2.75, 3.05) is 52.4 Å². The molecule has 0 spiro atoms. The number of nitrogens with zero attached hydrogens (tertiary/aromatic N) is 2. The molecule has 0 bridgehead atoms. The van der Waals surface area contributed by atoms with E-state index in [1.807, 2.05) is 17.0 Å². The highest BCUT2D eigenvalue weighted by Crippen LogP contribution is 2.39. The van der Waals surface area contributed by atoms with Gasteiger partial charge in [-0.1, -0.05) is 11.6 Å². The summed E-state index contributed by atoms with van der Waals surface area (Å²) >= 11 is 5.73. The van der Waals surface area contributed by atoms with Crippen molar-refractivity contribution in [3.63, 3.8) is 0 Å². The number of methoxy groups -OCH3 is 3. The lowest BCUT2D eigenvalue weighted by molar-refractivity contribution is -0.137. The highest BCUT2D eigenvalue weighted by atomic mass is 35.5. The van der Waals surface area contributed by atoms with Crippen LogP contribution in [0, 0.1) is 0 Å². The van der Waals surface area contributed by atoms with E-state index >= 15 is 0 Å². The van der Waals surface area contributed by atoms with Gasteiger partial charge in [-0.05, 0) is 35.9 Å². The van der Waals surface area contributed by atoms with E-state index in [0.717, 1.165) is 11.6 Å². The van der Waals surface area contributed by atoms with Crippen molar-refractivity contribution in [3.8, 4) is 17.2 Å². The van der Waals surface area contributed by atoms with Crippen molar-refractivity contribution in [1.82, 2.24) is 4.90 Å². The SMILES string of the molecule is COc1cc(CN2CCN(c3ccc(Cl)c(C(F)(F)F)c3)CC2)cc(OC)c1OC. The number of piperazine rings is 1. The van der Waals surface area contributed by atoms with Gasteiger partial charge in [0.15, 0.2) is 11.5 Å². The smallest absolute Gasteiger partial charge is 0.417 e. The molecule has 9 heteroatoms. The molecule has 1 saturated heterocycles. The van der Waals surface area contributed by atoms with Gasteiger partial charge in [0.25, 0.3) is 0 Å². The van der Waals surface area contributed by atoms with Gasteiger partial charge < -0.3 is 19.1 Å². The zero-order valence-electron chi connectivity index (χ0n) is 17.1. The van der Waals surface area contributed by atoms with E-state index in [9.17, 15) is 13.2 Å². The summed E-state index contributed by atoms with van der Waals surface area (Å²) in [6.07, 6.45) is -4.47. The molecule has 1 aliphatic rings. The highest BCUT2D eigenvalue weighted by molar-refractivity contribution is 6.31. The second-order valence-corrected chi connectivity index (χ2v) is 7.37. The van der Waals surface area contributed by atoms with Crippen LogP contribution >= 0.6 is 11.6 Å². The standard InChI is InChI=1S/C21H24ClF3N2O3/c1-28-18-10-14(11-19(29-2)20(18)30-3)13-26-6-8-27(9-7-26)15-4-5-17(22)16(12-15)21(23,24)25/h4-5,10-12H,6-9,13H2,1-3H3. The fraction of sp³-hybridized carbons (Fsp3) is 0.429. The van der Waals surface area contributed by atoms with Crippen LogP contribution in [0.25, 0.3) is 0 Å². The molecular weight excluding hydrogens is 421 g/mol. The molecule has 0 radical (unpaired) electrons. The third-order valence-corrected chi connectivity index (χ3v) is 5.45. The Morgan fingerprint density at radius 2 is 1.50 bits per heavy atom. The number of hydrogen-bond acceptors (Lipinski definition) is 5. The fourth-order valence-corrected chi connectivity index (χ4v) is 3.80. The third kappa shape index (κ3) is 4.87. The predicted molar refractivity (Wildman–Crippen MR) is 110 cm³/mol. The van der Waals surface area contributed by atoms with E-state index < -0.39 is 11.7 Å². The van der Waals surface area contributed by atoms with Crippen LogP contribution in [0.2, 0.25) is 5.02 Å². The number of alkyl halides is 3. The first-order valence-electron chi connectivity index (χ1n) is 9.39. The minimum absolute atomic E-state index is 0.285. The topological polar surface area (TPSA) is 34.2 Å². The second kappa shape index (κ2) is 9.22. The molecule has 164 valence electrons. The first-order valence-corrected chi connectivity index (χ1v) is 9.77. The molecule has 2 aromatic rings. The lowest BCUT2D eigenvalue weighted by Gasteiger charge is -2.36. The van der Waals surface area contributed by atoms with E-state index in [4.69, 9.17) is 25.8 Å². The third-order valence-electron chi connectivity index (χ3n) is 5.12. The van der Waals surface area contributed by atoms with Crippen LogP contribution in [0.3, 0.4) is 0 Å². The molecule has 1 aliphatic heterocycles. The molecule has 3 rings (SSSR count). The zero-order chi connectivity index (χ0) is 21.9. The fourth-order valence-electron chi connectivity index (χ4n) is 3.58. The van der Waals surface area contributed by atoms with Crippen LogP contribution in [0.5, 0.6) is 17.2 Å². The molecule has 30 heavy (non-hydrogen) atoms. The van der Waals surface area contributed by atoms with Crippen molar-refractivity contribution >= 4 is 17.3 Å². The molecule has 0 N–H and O–H groups in total. The Morgan fingerprint density at radius 3 is 2.00 bits per heavy atom. The van der Waals surface area contributed by atoms with Gasteiger partial charge in [0, 0.05) is 38.4 Å². The maximum Gasteiger partial charge on any atom is 0.417 e. The Balaban J connectivity index is 1.68. The number of ether oxygens (including phenoxy) is 3. The first-order chi connectivity index (χ1) is 14.3. The van der Waals surface area contributed by atoms with Crippen molar-refractivity contribution in [3.05, 3.63) is 46.5 Å². The minimum Gasteiger partial charge on any atom is -0.493 e. The van der Waals surface area contributed by atoms with Crippen molar-refractivity contribution in [2.45, 2.75) is 12.7 Å². The lowest BCUT2D eigenvalue weighted by atomic mass is 10.1. The van der Waals surface area contributed by atoms with Crippen LogP contribution in [-0.2, 0) is 12.7 Å². The number of rotatable bonds is 6. The molecule has 0 saturated carbocycles. The van der Waals surface area contributed by atoms with Crippen LogP contribution in [0.4, 0.5) is 18.9 Å². The Labute approximate surface area is 178 Å². The molecule has 1 heterocycles. The van der Waals surface area contributed by atoms with Gasteiger partial charge in [-0.15, -0.1) is 0 Å². The summed E-state index contributed by atoms with van der Waals surface area (Å²) in [5.41, 5.74) is 0.726. The number of hydrogen-bond donors (Lipinski definition) is 0. The maximum absolute atomic E-state index is 13.1. The summed E-state index contributed by atoms with van der Waals surface area (Å²) in [4.78, 5) is 4.18. The van der Waals surface area contributed by atoms with Crippen LogP contribution in [0.1, 0.15) is 11.1 Å². The summed E-state index contributed by atoms with van der Waals surface area (Å²) in [5.74, 6) is 1.72. The van der Waals surface area contributed by atoms with Crippen molar-refractivity contribution < 1.29 is 27.4 Å². The summed E-state index contributed by atoms with van der Waals surface area (Å²) in [6.45, 7) is 3.31. The van der Waals surface area contributed by atoms with E-state index in [1.54, 1.807) is 27.4 Å². The molecule has 0 atom stereocenters. The average Bonchev–Trinajstić information content (AvgIpc) is 2.73. The van der Waals surface area contributed by atoms with Gasteiger partial charge in [-0.2, -0.15) is 13.2 Å². The van der Waals surface area contributed by atoms with Crippen molar-refractivity contribution in [1.29, 1.82) is 0 Å². The van der Waals surface area contributed by atoms with E-state index in [2.05, 4.69) is 4.90 Å². The minimum atomic E-state index is -4.47. The number of halogens is 4. The predicted octanol–water partition coefficient (Wildman–Crippen LogP) is 4.71. The quantitative estimate of drug-likeness (QED) is 0.644. The molecule has 2 aromatic carbocycles. The molecule has 0 aromatic heterocycles. The van der Waals surface area contributed by atoms with Gasteiger partial charge in [0.05, 0.1) is 31.9 Å². The van der Waals surface area contributed by atoms with Crippen LogP contribution in [0.15, 0.2) is 30.3 Å². The summed E-state index contributed by atoms with van der Waals surface area (Å²) < 4.78 is 55.6. The van der Waals surface area contributed by atoms with Crippen molar-refractivity contribution in [2.24, 2.45) is 0 Å². The largest absolute Gasteiger partial charge is 0.493 e. The second-order valence-electron chi connectivity index (χ2n) is 6.96. The normalized spacial score (nSPS) is 15.2. The van der Waals surface area contributed by atoms with Crippen LogP contribution < -0.4 is 19.1 Å². The lowest BCUT2D eigenvalue weighted by Crippen LogP contribution is -2.46. The highest BCUT2D eigenvalue weighted by Gasteiger charge is 2.34. The average molecular weight is 445 g/mol. The van der Waals surface area contributed by atoms with E-state index in [0.29, 0.717) is 55.7 Å². The molecular formula is C21H24ClF3N2O3. The van der Waals surface area contributed by atoms with Gasteiger partial charge in [0.2, 0.25) is 5.75 Å². The molecule has 0 unspecified atom stereocenters. The molecule has 5 nitrogen and oxygen atoms in total. The molecule has 1 fully saturated rings. The molecule has 0 aliphatic carbocycles. The number of anilines is 1. The van der Waals surface area contributed by atoms with Gasteiger partial charge in [-0.25, -0.2) is 0 Å².